The van der Waals surface area contributed by atoms with Crippen molar-refractivity contribution in [2.75, 3.05) is 13.1 Å². The number of aryl methyl sites for hydroxylation is 1. The van der Waals surface area contributed by atoms with Gasteiger partial charge in [-0.15, -0.1) is 0 Å². The van der Waals surface area contributed by atoms with Gasteiger partial charge >= 0.3 is 5.97 Å². The van der Waals surface area contributed by atoms with E-state index < -0.39 is 24.3 Å². The molecule has 0 saturated carbocycles. The number of amides is 2. The van der Waals surface area contributed by atoms with Gasteiger partial charge in [-0.05, 0) is 19.1 Å². The van der Waals surface area contributed by atoms with Crippen molar-refractivity contribution in [3.63, 3.8) is 0 Å². The van der Waals surface area contributed by atoms with Gasteiger partial charge in [-0.3, -0.25) is 18.8 Å². The molecule has 0 fully saturated rings. The molecule has 2 aromatic heterocycles. The van der Waals surface area contributed by atoms with Gasteiger partial charge in [0.25, 0.3) is 5.91 Å². The van der Waals surface area contributed by atoms with Gasteiger partial charge < -0.3 is 15.7 Å². The second-order valence-electron chi connectivity index (χ2n) is 4.47. The number of halogens is 1. The van der Waals surface area contributed by atoms with E-state index in [0.29, 0.717) is 16.4 Å². The molecule has 116 valence electrons. The van der Waals surface area contributed by atoms with Crippen LogP contribution in [0.15, 0.2) is 18.3 Å². The summed E-state index contributed by atoms with van der Waals surface area (Å²) < 4.78 is 1.53. The van der Waals surface area contributed by atoms with Crippen LogP contribution in [0.4, 0.5) is 0 Å². The van der Waals surface area contributed by atoms with Crippen molar-refractivity contribution in [1.29, 1.82) is 0 Å². The van der Waals surface area contributed by atoms with E-state index in [1.165, 1.54) is 4.40 Å². The summed E-state index contributed by atoms with van der Waals surface area (Å²) >= 11 is 5.90. The Hall–Kier alpha value is -2.61. The topological polar surface area (TPSA) is 113 Å². The zero-order valence-electron chi connectivity index (χ0n) is 11.6. The average molecular weight is 325 g/mol. The van der Waals surface area contributed by atoms with Crippen LogP contribution in [0.2, 0.25) is 5.02 Å². The summed E-state index contributed by atoms with van der Waals surface area (Å²) in [5.74, 6) is -2.26. The standard InChI is InChI=1S/C13H13ClN4O4/c1-7-12(18-6-8(14)2-3-9(18)17-7)13(22)16-4-10(19)15-5-11(20)21/h2-3,6H,4-5H2,1H3,(H,15,19)(H,16,22)(H,20,21). The number of fused-ring (bicyclic) bond motifs is 1. The van der Waals surface area contributed by atoms with Crippen LogP contribution < -0.4 is 10.6 Å². The van der Waals surface area contributed by atoms with Gasteiger partial charge in [0.05, 0.1) is 17.3 Å². The normalized spacial score (nSPS) is 10.5. The number of carbonyl (C=O) groups excluding carboxylic acids is 2. The van der Waals surface area contributed by atoms with Gasteiger partial charge in [-0.25, -0.2) is 4.98 Å². The number of aromatic nitrogens is 2. The molecule has 2 aromatic rings. The summed E-state index contributed by atoms with van der Waals surface area (Å²) in [5.41, 5.74) is 1.32. The maximum Gasteiger partial charge on any atom is 0.322 e. The van der Waals surface area contributed by atoms with E-state index in [1.807, 2.05) is 0 Å². The van der Waals surface area contributed by atoms with Crippen LogP contribution in [0.25, 0.3) is 5.65 Å². The van der Waals surface area contributed by atoms with E-state index in [9.17, 15) is 14.4 Å². The lowest BCUT2D eigenvalue weighted by molar-refractivity contribution is -0.137. The highest BCUT2D eigenvalue weighted by molar-refractivity contribution is 6.30. The summed E-state index contributed by atoms with van der Waals surface area (Å²) in [6.45, 7) is 0.832. The smallest absolute Gasteiger partial charge is 0.322 e. The van der Waals surface area contributed by atoms with Gasteiger partial charge in [-0.1, -0.05) is 11.6 Å². The first kappa shape index (κ1) is 15.8. The number of carbonyl (C=O) groups is 3. The number of aliphatic carboxylic acids is 1. The second-order valence-corrected chi connectivity index (χ2v) is 4.91. The van der Waals surface area contributed by atoms with Crippen molar-refractivity contribution in [2.24, 2.45) is 0 Å². The summed E-state index contributed by atoms with van der Waals surface area (Å²) in [7, 11) is 0. The van der Waals surface area contributed by atoms with Crippen molar-refractivity contribution in [3.8, 4) is 0 Å². The number of hydrogen-bond acceptors (Lipinski definition) is 4. The van der Waals surface area contributed by atoms with E-state index in [0.717, 1.165) is 0 Å². The summed E-state index contributed by atoms with van der Waals surface area (Å²) in [6, 6.07) is 3.33. The van der Waals surface area contributed by atoms with Crippen LogP contribution in [-0.4, -0.2) is 45.4 Å². The Morgan fingerprint density at radius 2 is 2.00 bits per heavy atom. The molecule has 0 aliphatic heterocycles. The number of pyridine rings is 1. The lowest BCUT2D eigenvalue weighted by Gasteiger charge is -2.06. The number of imidazole rings is 1. The molecule has 0 saturated heterocycles. The average Bonchev–Trinajstić information content (AvgIpc) is 2.77. The third-order valence-corrected chi connectivity index (χ3v) is 3.04. The number of nitrogens with zero attached hydrogens (tertiary/aromatic N) is 2. The molecule has 2 heterocycles. The van der Waals surface area contributed by atoms with Gasteiger partial charge in [0, 0.05) is 6.20 Å². The minimum Gasteiger partial charge on any atom is -0.480 e. The Kier molecular flexibility index (Phi) is 4.62. The molecule has 2 amide bonds. The highest BCUT2D eigenvalue weighted by Gasteiger charge is 2.17. The zero-order chi connectivity index (χ0) is 16.3. The van der Waals surface area contributed by atoms with Crippen molar-refractivity contribution in [1.82, 2.24) is 20.0 Å². The zero-order valence-corrected chi connectivity index (χ0v) is 12.3. The van der Waals surface area contributed by atoms with Gasteiger partial charge in [0.1, 0.15) is 17.9 Å². The highest BCUT2D eigenvalue weighted by atomic mass is 35.5. The molecule has 8 nitrogen and oxygen atoms in total. The molecule has 2 rings (SSSR count). The molecule has 3 N–H and O–H groups in total. The summed E-state index contributed by atoms with van der Waals surface area (Å²) in [5, 5.41) is 13.4. The maximum atomic E-state index is 12.2. The molecule has 0 radical (unpaired) electrons. The minimum absolute atomic E-state index is 0.267. The molecule has 9 heteroatoms. The first-order chi connectivity index (χ1) is 10.4. The fourth-order valence-corrected chi connectivity index (χ4v) is 2.05. The number of rotatable bonds is 5. The van der Waals surface area contributed by atoms with Crippen molar-refractivity contribution >= 4 is 35.0 Å². The van der Waals surface area contributed by atoms with Crippen LogP contribution in [-0.2, 0) is 9.59 Å². The Bertz CT molecular complexity index is 756. The summed E-state index contributed by atoms with van der Waals surface area (Å²) in [6.07, 6.45) is 1.55. The molecular formula is C13H13ClN4O4. The molecule has 22 heavy (non-hydrogen) atoms. The van der Waals surface area contributed by atoms with Gasteiger partial charge in [0.2, 0.25) is 5.91 Å². The van der Waals surface area contributed by atoms with E-state index in [1.54, 1.807) is 25.3 Å². The van der Waals surface area contributed by atoms with Crippen LogP contribution in [0.5, 0.6) is 0 Å². The minimum atomic E-state index is -1.16. The van der Waals surface area contributed by atoms with Crippen LogP contribution >= 0.6 is 11.6 Å². The fraction of sp³-hybridized carbons (Fsp3) is 0.231. The lowest BCUT2D eigenvalue weighted by atomic mass is 10.3. The van der Waals surface area contributed by atoms with Gasteiger partial charge in [0.15, 0.2) is 0 Å². The van der Waals surface area contributed by atoms with Crippen LogP contribution in [0.1, 0.15) is 16.2 Å². The van der Waals surface area contributed by atoms with Crippen LogP contribution in [0, 0.1) is 6.92 Å². The Morgan fingerprint density at radius 1 is 1.27 bits per heavy atom. The third-order valence-electron chi connectivity index (χ3n) is 2.82. The monoisotopic (exact) mass is 324 g/mol. The number of carboxylic acid groups (broad SMARTS) is 1. The van der Waals surface area contributed by atoms with Crippen molar-refractivity contribution in [2.45, 2.75) is 6.92 Å². The van der Waals surface area contributed by atoms with Gasteiger partial charge in [-0.2, -0.15) is 0 Å². The lowest BCUT2D eigenvalue weighted by Crippen LogP contribution is -2.39. The van der Waals surface area contributed by atoms with Crippen LogP contribution in [0.3, 0.4) is 0 Å². The quantitative estimate of drug-likeness (QED) is 0.728. The van der Waals surface area contributed by atoms with Crippen molar-refractivity contribution in [3.05, 3.63) is 34.7 Å². The predicted octanol–water partition coefficient (Wildman–Crippen LogP) is 0.227. The summed E-state index contributed by atoms with van der Waals surface area (Å²) in [4.78, 5) is 38.1. The second kappa shape index (κ2) is 6.44. The van der Waals surface area contributed by atoms with E-state index >= 15 is 0 Å². The Morgan fingerprint density at radius 3 is 2.68 bits per heavy atom. The number of carboxylic acids is 1. The molecule has 0 spiro atoms. The first-order valence-corrected chi connectivity index (χ1v) is 6.67. The number of hydrogen-bond donors (Lipinski definition) is 3. The van der Waals surface area contributed by atoms with E-state index in [4.69, 9.17) is 16.7 Å². The highest BCUT2D eigenvalue weighted by Crippen LogP contribution is 2.16. The molecule has 0 bridgehead atoms. The molecule has 0 aliphatic rings. The SMILES string of the molecule is Cc1nc2ccc(Cl)cn2c1C(=O)NCC(=O)NCC(=O)O. The van der Waals surface area contributed by atoms with Crippen molar-refractivity contribution < 1.29 is 19.5 Å². The molecule has 0 aromatic carbocycles. The Labute approximate surface area is 130 Å². The third kappa shape index (κ3) is 3.53. The molecule has 0 atom stereocenters. The Balaban J connectivity index is 2.10. The van der Waals surface area contributed by atoms with E-state index in [2.05, 4.69) is 15.6 Å². The predicted molar refractivity (Wildman–Crippen MR) is 77.9 cm³/mol. The number of nitrogens with one attached hydrogen (secondary N) is 2. The fourth-order valence-electron chi connectivity index (χ4n) is 1.89. The molecule has 0 unspecified atom stereocenters. The molecular weight excluding hydrogens is 312 g/mol. The first-order valence-electron chi connectivity index (χ1n) is 6.29. The molecule has 0 aliphatic carbocycles. The largest absolute Gasteiger partial charge is 0.480 e. The van der Waals surface area contributed by atoms with E-state index in [-0.39, 0.29) is 12.2 Å². The maximum absolute atomic E-state index is 12.2.